The van der Waals surface area contributed by atoms with Gasteiger partial charge in [0.25, 0.3) is 0 Å². The van der Waals surface area contributed by atoms with Crippen LogP contribution in [0.3, 0.4) is 0 Å². The molecule has 1 N–H and O–H groups in total. The first kappa shape index (κ1) is 31.9. The van der Waals surface area contributed by atoms with Gasteiger partial charge in [-0.1, -0.05) is 68.1 Å². The minimum atomic E-state index is -5.84. The van der Waals surface area contributed by atoms with E-state index in [0.29, 0.717) is 28.9 Å². The van der Waals surface area contributed by atoms with Crippen molar-refractivity contribution in [1.82, 2.24) is 14.8 Å². The summed E-state index contributed by atoms with van der Waals surface area (Å²) in [5, 5.41) is 17.2. The van der Waals surface area contributed by atoms with Crippen LogP contribution in [-0.2, 0) is 0 Å². The number of anilines is 2. The lowest BCUT2D eigenvalue weighted by atomic mass is 10.0. The highest BCUT2D eigenvalue weighted by Gasteiger charge is 2.61. The quantitative estimate of drug-likeness (QED) is 0.113. The van der Waals surface area contributed by atoms with E-state index in [-0.39, 0.29) is 0 Å². The highest BCUT2D eigenvalue weighted by Crippen LogP contribution is 2.37. The number of nitrogens with one attached hydrogen (secondary N) is 1. The first-order chi connectivity index (χ1) is 21.5. The summed E-state index contributed by atoms with van der Waals surface area (Å²) >= 11 is 1.68. The highest BCUT2D eigenvalue weighted by molar-refractivity contribution is 8.14. The van der Waals surface area contributed by atoms with Crippen molar-refractivity contribution >= 4 is 34.8 Å². The normalized spacial score (nSPS) is 15.3. The molecule has 14 heteroatoms. The number of thioether (sulfide) groups is 1. The number of rotatable bonds is 9. The molecule has 1 saturated heterocycles. The first-order valence-corrected chi connectivity index (χ1v) is 15.0. The average molecular weight is 644 g/mol. The SMILES string of the molecule is CNc1nc(-c2ccc(C=NN=C3SCCCN3c3ccccc3C(C)C)cc2)nn1-c1ccc(OC(F)(F)C(F)(F)F)cc1. The van der Waals surface area contributed by atoms with E-state index < -0.39 is 18.0 Å². The number of para-hydroxylation sites is 1. The molecule has 1 aliphatic rings. The van der Waals surface area contributed by atoms with Crippen LogP contribution in [0.2, 0.25) is 0 Å². The van der Waals surface area contributed by atoms with Crippen LogP contribution in [0, 0.1) is 0 Å². The van der Waals surface area contributed by atoms with Gasteiger partial charge in [-0.25, -0.2) is 0 Å². The van der Waals surface area contributed by atoms with Gasteiger partial charge in [0.1, 0.15) is 5.75 Å². The molecule has 1 aliphatic heterocycles. The zero-order valence-electron chi connectivity index (χ0n) is 24.6. The molecule has 0 radical (unpaired) electrons. The monoisotopic (exact) mass is 643 g/mol. The lowest BCUT2D eigenvalue weighted by Crippen LogP contribution is -2.41. The number of aromatic nitrogens is 3. The number of amidine groups is 1. The Morgan fingerprint density at radius 3 is 2.36 bits per heavy atom. The largest absolute Gasteiger partial charge is 0.499 e. The van der Waals surface area contributed by atoms with Gasteiger partial charge in [-0.05, 0) is 53.8 Å². The van der Waals surface area contributed by atoms with E-state index in [2.05, 4.69) is 67.3 Å². The van der Waals surface area contributed by atoms with Gasteiger partial charge in [-0.2, -0.15) is 36.7 Å². The Balaban J connectivity index is 1.30. The fourth-order valence-corrected chi connectivity index (χ4v) is 5.49. The third-order valence-electron chi connectivity index (χ3n) is 6.84. The zero-order chi connectivity index (χ0) is 32.2. The highest BCUT2D eigenvalue weighted by atomic mass is 32.2. The van der Waals surface area contributed by atoms with Crippen molar-refractivity contribution in [2.45, 2.75) is 38.5 Å². The average Bonchev–Trinajstić information content (AvgIpc) is 3.46. The molecule has 45 heavy (non-hydrogen) atoms. The van der Waals surface area contributed by atoms with E-state index in [1.165, 1.54) is 22.4 Å². The molecule has 0 bridgehead atoms. The van der Waals surface area contributed by atoms with Gasteiger partial charge in [0.05, 0.1) is 11.9 Å². The lowest BCUT2D eigenvalue weighted by Gasteiger charge is -2.31. The summed E-state index contributed by atoms with van der Waals surface area (Å²) in [4.78, 5) is 6.70. The van der Waals surface area contributed by atoms with Crippen LogP contribution in [0.1, 0.15) is 37.3 Å². The van der Waals surface area contributed by atoms with Crippen LogP contribution in [0.25, 0.3) is 17.1 Å². The molecule has 236 valence electrons. The molecular formula is C31H30F5N7OS. The Bertz CT molecular complexity index is 1670. The van der Waals surface area contributed by atoms with Crippen molar-refractivity contribution in [3.8, 4) is 22.8 Å². The zero-order valence-corrected chi connectivity index (χ0v) is 25.4. The van der Waals surface area contributed by atoms with Crippen LogP contribution in [0.15, 0.2) is 83.0 Å². The summed E-state index contributed by atoms with van der Waals surface area (Å²) in [5.41, 5.74) is 4.30. The molecule has 4 aromatic rings. The second-order valence-electron chi connectivity index (χ2n) is 10.3. The fourth-order valence-electron chi connectivity index (χ4n) is 4.59. The molecule has 1 fully saturated rings. The third-order valence-corrected chi connectivity index (χ3v) is 7.90. The van der Waals surface area contributed by atoms with Crippen molar-refractivity contribution < 1.29 is 26.7 Å². The Labute approximate surface area is 261 Å². The summed E-state index contributed by atoms with van der Waals surface area (Å²) in [6.45, 7) is 5.23. The maximum Gasteiger partial charge on any atom is 0.499 e. The van der Waals surface area contributed by atoms with Crippen LogP contribution < -0.4 is 15.0 Å². The molecule has 0 unspecified atom stereocenters. The van der Waals surface area contributed by atoms with E-state index in [4.69, 9.17) is 0 Å². The van der Waals surface area contributed by atoms with Crippen molar-refractivity contribution in [3.63, 3.8) is 0 Å². The van der Waals surface area contributed by atoms with Gasteiger partial charge in [-0.15, -0.1) is 10.2 Å². The predicted octanol–water partition coefficient (Wildman–Crippen LogP) is 7.97. The van der Waals surface area contributed by atoms with E-state index in [9.17, 15) is 22.0 Å². The van der Waals surface area contributed by atoms with Crippen molar-refractivity contribution in [3.05, 3.63) is 83.9 Å². The fraction of sp³-hybridized carbons (Fsp3) is 0.290. The molecule has 1 aromatic heterocycles. The summed E-state index contributed by atoms with van der Waals surface area (Å²) in [6.07, 6.45) is -8.42. The van der Waals surface area contributed by atoms with Gasteiger partial charge in [0.2, 0.25) is 5.95 Å². The molecule has 0 saturated carbocycles. The van der Waals surface area contributed by atoms with Crippen LogP contribution in [0.5, 0.6) is 5.75 Å². The van der Waals surface area contributed by atoms with Crippen LogP contribution >= 0.6 is 11.8 Å². The third kappa shape index (κ3) is 7.27. The van der Waals surface area contributed by atoms with E-state index in [1.807, 2.05) is 30.3 Å². The van der Waals surface area contributed by atoms with Crippen LogP contribution in [0.4, 0.5) is 33.6 Å². The molecule has 0 aliphatic carbocycles. The number of hydrogen-bond acceptors (Lipinski definition) is 7. The second-order valence-corrected chi connectivity index (χ2v) is 11.4. The molecule has 0 amide bonds. The van der Waals surface area contributed by atoms with Gasteiger partial charge in [-0.3, -0.25) is 0 Å². The minimum Gasteiger partial charge on any atom is -0.426 e. The van der Waals surface area contributed by atoms with Gasteiger partial charge in [0, 0.05) is 30.6 Å². The Morgan fingerprint density at radius 2 is 1.69 bits per heavy atom. The topological polar surface area (TPSA) is 79.9 Å². The Hall–Kier alpha value is -4.46. The lowest BCUT2D eigenvalue weighted by molar-refractivity contribution is -0.360. The first-order valence-electron chi connectivity index (χ1n) is 14.1. The molecule has 0 spiro atoms. The maximum absolute atomic E-state index is 13.2. The summed E-state index contributed by atoms with van der Waals surface area (Å²) in [6, 6.07) is 20.3. The molecular weight excluding hydrogens is 613 g/mol. The van der Waals surface area contributed by atoms with Crippen LogP contribution in [-0.4, -0.2) is 57.8 Å². The molecule has 5 rings (SSSR count). The Kier molecular flexibility index (Phi) is 9.42. The summed E-state index contributed by atoms with van der Waals surface area (Å²) in [5.74, 6) is 1.40. The minimum absolute atomic E-state index is 0.328. The number of halogens is 5. The van der Waals surface area contributed by atoms with Crippen molar-refractivity contribution in [1.29, 1.82) is 0 Å². The van der Waals surface area contributed by atoms with E-state index >= 15 is 0 Å². The van der Waals surface area contributed by atoms with E-state index in [0.717, 1.165) is 47.3 Å². The smallest absolute Gasteiger partial charge is 0.426 e. The van der Waals surface area contributed by atoms with Gasteiger partial charge in [0.15, 0.2) is 11.0 Å². The van der Waals surface area contributed by atoms with Crippen molar-refractivity contribution in [2.24, 2.45) is 10.2 Å². The van der Waals surface area contributed by atoms with Gasteiger partial charge >= 0.3 is 12.3 Å². The number of hydrogen-bond donors (Lipinski definition) is 1. The summed E-state index contributed by atoms with van der Waals surface area (Å²) < 4.78 is 69.2. The molecule has 3 aromatic carbocycles. The standard InChI is InChI=1S/C31H30F5N7OS/c1-20(2)25-7-4-5-8-26(25)42-17-6-18-45-29(42)40-38-19-21-9-11-22(12-10-21)27-39-28(37-3)43(41-27)23-13-15-24(16-14-23)44-31(35,36)30(32,33)34/h4-5,7-16,19-20H,6,17-18H2,1-3H3,(H,37,39,41). The number of benzene rings is 3. The number of nitrogens with zero attached hydrogens (tertiary/aromatic N) is 6. The molecule has 0 atom stereocenters. The Morgan fingerprint density at radius 1 is 0.978 bits per heavy atom. The summed E-state index contributed by atoms with van der Waals surface area (Å²) in [7, 11) is 1.62. The molecule has 8 nitrogen and oxygen atoms in total. The number of ether oxygens (including phenoxy) is 1. The predicted molar refractivity (Wildman–Crippen MR) is 168 cm³/mol. The maximum atomic E-state index is 13.2. The number of alkyl halides is 5. The van der Waals surface area contributed by atoms with E-state index in [1.54, 1.807) is 25.0 Å². The van der Waals surface area contributed by atoms with Crippen molar-refractivity contribution in [2.75, 3.05) is 29.6 Å². The second kappa shape index (κ2) is 13.3. The molecule has 2 heterocycles. The van der Waals surface area contributed by atoms with Gasteiger partial charge < -0.3 is 15.0 Å².